The van der Waals surface area contributed by atoms with Crippen LogP contribution in [-0.4, -0.2) is 16.1 Å². The highest BCUT2D eigenvalue weighted by molar-refractivity contribution is 6.07. The number of aromatic carboxylic acids is 1. The molecule has 3 aromatic rings. The summed E-state index contributed by atoms with van der Waals surface area (Å²) in [7, 11) is 0. The third kappa shape index (κ3) is 1.84. The summed E-state index contributed by atoms with van der Waals surface area (Å²) in [6.07, 6.45) is 0. The number of hydrogen-bond acceptors (Lipinski definition) is 1. The van der Waals surface area contributed by atoms with Gasteiger partial charge in [-0.05, 0) is 23.8 Å². The standard InChI is InChI=1S/C15H9F2NO2/c16-10-6-5-8(7-11(10)17)13-9-3-1-2-4-12(9)18-14(13)15(19)20/h1-7,18H,(H,19,20). The molecule has 20 heavy (non-hydrogen) atoms. The van der Waals surface area contributed by atoms with Crippen molar-refractivity contribution in [2.24, 2.45) is 0 Å². The van der Waals surface area contributed by atoms with Crippen LogP contribution in [0.4, 0.5) is 8.78 Å². The fraction of sp³-hybridized carbons (Fsp3) is 0. The number of aromatic amines is 1. The van der Waals surface area contributed by atoms with E-state index in [-0.39, 0.29) is 5.69 Å². The van der Waals surface area contributed by atoms with Gasteiger partial charge in [0.15, 0.2) is 11.6 Å². The molecule has 0 saturated carbocycles. The summed E-state index contributed by atoms with van der Waals surface area (Å²) in [5.41, 5.74) is 1.26. The molecule has 0 aliphatic rings. The van der Waals surface area contributed by atoms with E-state index >= 15 is 0 Å². The number of carboxylic acids is 1. The normalized spacial score (nSPS) is 10.9. The van der Waals surface area contributed by atoms with Crippen LogP contribution in [0.5, 0.6) is 0 Å². The van der Waals surface area contributed by atoms with Gasteiger partial charge in [-0.15, -0.1) is 0 Å². The number of carboxylic acid groups (broad SMARTS) is 1. The van der Waals surface area contributed by atoms with E-state index in [1.165, 1.54) is 6.07 Å². The third-order valence-electron chi connectivity index (χ3n) is 3.13. The van der Waals surface area contributed by atoms with Crippen molar-refractivity contribution < 1.29 is 18.7 Å². The van der Waals surface area contributed by atoms with E-state index in [9.17, 15) is 18.7 Å². The number of para-hydroxylation sites is 1. The minimum absolute atomic E-state index is 0.0443. The number of halogens is 2. The second-order valence-corrected chi connectivity index (χ2v) is 4.35. The maximum Gasteiger partial charge on any atom is 0.352 e. The molecular weight excluding hydrogens is 264 g/mol. The summed E-state index contributed by atoms with van der Waals surface area (Å²) in [4.78, 5) is 14.1. The smallest absolute Gasteiger partial charge is 0.352 e. The Labute approximate surface area is 112 Å². The minimum atomic E-state index is -1.15. The van der Waals surface area contributed by atoms with E-state index in [4.69, 9.17) is 0 Å². The molecule has 0 bridgehead atoms. The van der Waals surface area contributed by atoms with Gasteiger partial charge < -0.3 is 10.1 Å². The quantitative estimate of drug-likeness (QED) is 0.746. The molecule has 2 N–H and O–H groups in total. The fourth-order valence-corrected chi connectivity index (χ4v) is 2.25. The van der Waals surface area contributed by atoms with Crippen molar-refractivity contribution in [3.05, 3.63) is 59.8 Å². The minimum Gasteiger partial charge on any atom is -0.477 e. The summed E-state index contributed by atoms with van der Waals surface area (Å²) in [6.45, 7) is 0. The molecule has 100 valence electrons. The molecule has 3 rings (SSSR count). The lowest BCUT2D eigenvalue weighted by Gasteiger charge is -2.03. The maximum absolute atomic E-state index is 13.4. The Hall–Kier alpha value is -2.69. The molecule has 0 atom stereocenters. The first-order valence-corrected chi connectivity index (χ1v) is 5.87. The summed E-state index contributed by atoms with van der Waals surface area (Å²) in [5.74, 6) is -3.13. The zero-order valence-electron chi connectivity index (χ0n) is 10.2. The molecule has 0 aliphatic carbocycles. The molecule has 1 aromatic heterocycles. The van der Waals surface area contributed by atoms with E-state index in [1.54, 1.807) is 24.3 Å². The van der Waals surface area contributed by atoms with Crippen molar-refractivity contribution in [2.45, 2.75) is 0 Å². The average molecular weight is 273 g/mol. The number of aromatic nitrogens is 1. The highest BCUT2D eigenvalue weighted by Crippen LogP contribution is 2.33. The predicted molar refractivity (Wildman–Crippen MR) is 70.6 cm³/mol. The molecule has 0 saturated heterocycles. The molecular formula is C15H9F2NO2. The number of rotatable bonds is 2. The van der Waals surface area contributed by atoms with Crippen LogP contribution in [0.1, 0.15) is 10.5 Å². The molecule has 0 radical (unpaired) electrons. The van der Waals surface area contributed by atoms with Gasteiger partial charge in [0.25, 0.3) is 0 Å². The number of hydrogen-bond donors (Lipinski definition) is 2. The lowest BCUT2D eigenvalue weighted by Crippen LogP contribution is -1.99. The van der Waals surface area contributed by atoms with Crippen LogP contribution < -0.4 is 0 Å². The largest absolute Gasteiger partial charge is 0.477 e. The number of H-pyrrole nitrogens is 1. The SMILES string of the molecule is O=C(O)c1[nH]c2ccccc2c1-c1ccc(F)c(F)c1. The summed E-state index contributed by atoms with van der Waals surface area (Å²) >= 11 is 0. The molecule has 5 heteroatoms. The lowest BCUT2D eigenvalue weighted by molar-refractivity contribution is 0.0692. The first-order valence-electron chi connectivity index (χ1n) is 5.87. The van der Waals surface area contributed by atoms with Gasteiger partial charge in [0.1, 0.15) is 5.69 Å². The topological polar surface area (TPSA) is 53.1 Å². The Morgan fingerprint density at radius 1 is 1.05 bits per heavy atom. The molecule has 3 nitrogen and oxygen atoms in total. The first kappa shape index (κ1) is 12.3. The van der Waals surface area contributed by atoms with Crippen LogP contribution in [0.2, 0.25) is 0 Å². The van der Waals surface area contributed by atoms with Crippen LogP contribution >= 0.6 is 0 Å². The van der Waals surface area contributed by atoms with Crippen LogP contribution in [0.3, 0.4) is 0 Å². The second kappa shape index (κ2) is 4.45. The highest BCUT2D eigenvalue weighted by atomic mass is 19.2. The molecule has 0 spiro atoms. The molecule has 0 amide bonds. The van der Waals surface area contributed by atoms with Crippen molar-refractivity contribution in [3.63, 3.8) is 0 Å². The Balaban J connectivity index is 2.35. The number of carbonyl (C=O) groups is 1. The Morgan fingerprint density at radius 3 is 2.50 bits per heavy atom. The summed E-state index contributed by atoms with van der Waals surface area (Å²) < 4.78 is 26.4. The van der Waals surface area contributed by atoms with Gasteiger partial charge >= 0.3 is 5.97 Å². The van der Waals surface area contributed by atoms with Crippen molar-refractivity contribution in [2.75, 3.05) is 0 Å². The second-order valence-electron chi connectivity index (χ2n) is 4.35. The fourth-order valence-electron chi connectivity index (χ4n) is 2.25. The molecule has 1 heterocycles. The van der Waals surface area contributed by atoms with Gasteiger partial charge in [0.2, 0.25) is 0 Å². The molecule has 2 aromatic carbocycles. The van der Waals surface area contributed by atoms with E-state index in [0.717, 1.165) is 12.1 Å². The third-order valence-corrected chi connectivity index (χ3v) is 3.13. The monoisotopic (exact) mass is 273 g/mol. The van der Waals surface area contributed by atoms with Crippen molar-refractivity contribution in [3.8, 4) is 11.1 Å². The zero-order valence-corrected chi connectivity index (χ0v) is 10.2. The molecule has 0 fully saturated rings. The van der Waals surface area contributed by atoms with Crippen LogP contribution in [0.25, 0.3) is 22.0 Å². The van der Waals surface area contributed by atoms with Gasteiger partial charge in [-0.3, -0.25) is 0 Å². The van der Waals surface area contributed by atoms with E-state index in [0.29, 0.717) is 22.0 Å². The number of nitrogens with one attached hydrogen (secondary N) is 1. The number of benzene rings is 2. The zero-order chi connectivity index (χ0) is 14.3. The van der Waals surface area contributed by atoms with Crippen LogP contribution in [0.15, 0.2) is 42.5 Å². The Bertz CT molecular complexity index is 824. The van der Waals surface area contributed by atoms with Gasteiger partial charge in [-0.2, -0.15) is 0 Å². The van der Waals surface area contributed by atoms with Crippen LogP contribution in [-0.2, 0) is 0 Å². The van der Waals surface area contributed by atoms with Gasteiger partial charge in [0.05, 0.1) is 0 Å². The van der Waals surface area contributed by atoms with Crippen molar-refractivity contribution >= 4 is 16.9 Å². The highest BCUT2D eigenvalue weighted by Gasteiger charge is 2.19. The lowest BCUT2D eigenvalue weighted by atomic mass is 10.0. The van der Waals surface area contributed by atoms with Gasteiger partial charge in [-0.1, -0.05) is 24.3 Å². The predicted octanol–water partition coefficient (Wildman–Crippen LogP) is 3.81. The van der Waals surface area contributed by atoms with Crippen LogP contribution in [0, 0.1) is 11.6 Å². The average Bonchev–Trinajstić information content (AvgIpc) is 2.81. The molecule has 0 unspecified atom stereocenters. The summed E-state index contributed by atoms with van der Waals surface area (Å²) in [5, 5.41) is 9.90. The summed E-state index contributed by atoms with van der Waals surface area (Å²) in [6, 6.07) is 10.3. The van der Waals surface area contributed by atoms with E-state index in [2.05, 4.69) is 4.98 Å². The van der Waals surface area contributed by atoms with Crippen molar-refractivity contribution in [1.29, 1.82) is 0 Å². The Kier molecular flexibility index (Phi) is 2.75. The Morgan fingerprint density at radius 2 is 1.80 bits per heavy atom. The van der Waals surface area contributed by atoms with E-state index in [1.807, 2.05) is 0 Å². The van der Waals surface area contributed by atoms with Gasteiger partial charge in [-0.25, -0.2) is 13.6 Å². The first-order chi connectivity index (χ1) is 9.58. The van der Waals surface area contributed by atoms with Gasteiger partial charge in [0, 0.05) is 16.5 Å². The number of fused-ring (bicyclic) bond motifs is 1. The maximum atomic E-state index is 13.4. The van der Waals surface area contributed by atoms with E-state index < -0.39 is 17.6 Å². The van der Waals surface area contributed by atoms with Crippen molar-refractivity contribution in [1.82, 2.24) is 4.98 Å². The molecule has 0 aliphatic heterocycles.